The molecule has 5 rings (SSSR count). The van der Waals surface area contributed by atoms with Crippen LogP contribution in [0.25, 0.3) is 0 Å². The van der Waals surface area contributed by atoms with Crippen molar-refractivity contribution < 1.29 is 32.2 Å². The number of piperidine rings is 1. The van der Waals surface area contributed by atoms with Crippen LogP contribution in [0.5, 0.6) is 11.6 Å². The minimum atomic E-state index is -3.85. The molecule has 13 heteroatoms. The van der Waals surface area contributed by atoms with E-state index in [0.29, 0.717) is 11.1 Å². The zero-order valence-corrected chi connectivity index (χ0v) is 22.9. The molecule has 1 amide bonds. The van der Waals surface area contributed by atoms with Crippen LogP contribution in [0.3, 0.4) is 0 Å². The van der Waals surface area contributed by atoms with Crippen LogP contribution < -0.4 is 16.0 Å². The fraction of sp³-hybridized carbons (Fsp3) is 0.400. The van der Waals surface area contributed by atoms with Crippen molar-refractivity contribution >= 4 is 11.6 Å². The molecule has 3 aromatic rings. The maximum Gasteiger partial charge on any atom is 0.295 e. The van der Waals surface area contributed by atoms with Gasteiger partial charge >= 0.3 is 0 Å². The molecule has 3 atom stereocenters. The molecular weight excluding hydrogens is 570 g/mol. The second-order valence-electron chi connectivity index (χ2n) is 11.1. The number of alkyl halides is 4. The Morgan fingerprint density at radius 1 is 1.12 bits per heavy atom. The molecule has 2 aromatic carbocycles. The van der Waals surface area contributed by atoms with Crippen molar-refractivity contribution in [1.29, 1.82) is 5.26 Å². The Morgan fingerprint density at radius 3 is 2.47 bits per heavy atom. The molecule has 0 radical (unpaired) electrons. The summed E-state index contributed by atoms with van der Waals surface area (Å²) in [5.74, 6) is -9.31. The van der Waals surface area contributed by atoms with Crippen molar-refractivity contribution in [2.75, 3.05) is 18.8 Å². The van der Waals surface area contributed by atoms with Crippen LogP contribution in [0.2, 0.25) is 0 Å². The van der Waals surface area contributed by atoms with Gasteiger partial charge in [0.15, 0.2) is 5.69 Å². The third-order valence-corrected chi connectivity index (χ3v) is 8.21. The number of aromatic nitrogens is 2. The number of rotatable bonds is 6. The van der Waals surface area contributed by atoms with Gasteiger partial charge in [0.25, 0.3) is 11.5 Å². The van der Waals surface area contributed by atoms with Crippen molar-refractivity contribution in [3.8, 4) is 17.7 Å². The lowest BCUT2D eigenvalue weighted by Gasteiger charge is -2.46. The number of aliphatic hydroxyl groups is 1. The molecular formula is C30H29F4N5O4. The molecule has 0 bridgehead atoms. The summed E-state index contributed by atoms with van der Waals surface area (Å²) in [4.78, 5) is 31.2. The standard InChI is InChI=1S/C30H29F4N5O4/c31-29(32)11-10-22(23(14-29)20-4-2-1-3-5-20)26(40)38-13-12-28(42,30(33,34)17-38)16-39-18-37-25(24(36)27(39)41)43-21-8-6-19(15-35)7-9-21/h1-9,18,22-23,42H,10-14,16-17,36H2/t22-,23+,28?/m1/s1. The van der Waals surface area contributed by atoms with Gasteiger partial charge in [0, 0.05) is 37.6 Å². The molecule has 0 spiro atoms. The molecule has 2 aliphatic rings. The van der Waals surface area contributed by atoms with Crippen molar-refractivity contribution in [3.05, 3.63) is 82.4 Å². The largest absolute Gasteiger partial charge is 0.437 e. The molecule has 1 aromatic heterocycles. The highest BCUT2D eigenvalue weighted by Crippen LogP contribution is 2.47. The van der Waals surface area contributed by atoms with Crippen LogP contribution in [0.4, 0.5) is 23.2 Å². The van der Waals surface area contributed by atoms with E-state index in [0.717, 1.165) is 15.8 Å². The second-order valence-corrected chi connectivity index (χ2v) is 11.1. The number of nitrogen functional groups attached to an aromatic ring is 1. The van der Waals surface area contributed by atoms with Crippen molar-refractivity contribution in [3.63, 3.8) is 0 Å². The number of hydrogen-bond acceptors (Lipinski definition) is 7. The first kappa shape index (κ1) is 30.0. The van der Waals surface area contributed by atoms with Gasteiger partial charge in [-0.25, -0.2) is 22.5 Å². The SMILES string of the molecule is N#Cc1ccc(Oc2ncn(CC3(O)CCN(C(=O)[C@@H]4CCC(F)(F)C[C@H]4c4ccccc4)CC3(F)F)c(=O)c2N)cc1. The monoisotopic (exact) mass is 599 g/mol. The summed E-state index contributed by atoms with van der Waals surface area (Å²) in [6.45, 7) is -2.28. The van der Waals surface area contributed by atoms with Crippen molar-refractivity contribution in [2.24, 2.45) is 5.92 Å². The molecule has 9 nitrogen and oxygen atoms in total. The topological polar surface area (TPSA) is 134 Å². The number of ether oxygens (including phenoxy) is 1. The molecule has 1 aliphatic heterocycles. The lowest BCUT2D eigenvalue weighted by atomic mass is 9.73. The average Bonchev–Trinajstić information content (AvgIpc) is 2.98. The van der Waals surface area contributed by atoms with Crippen LogP contribution in [0.15, 0.2) is 65.7 Å². The Hall–Kier alpha value is -4.44. The molecule has 1 unspecified atom stereocenters. The number of benzene rings is 2. The smallest absolute Gasteiger partial charge is 0.295 e. The van der Waals surface area contributed by atoms with Gasteiger partial charge in [-0.2, -0.15) is 5.26 Å². The van der Waals surface area contributed by atoms with E-state index in [4.69, 9.17) is 15.7 Å². The first-order valence-corrected chi connectivity index (χ1v) is 13.7. The van der Waals surface area contributed by atoms with Crippen LogP contribution in [0, 0.1) is 17.2 Å². The van der Waals surface area contributed by atoms with E-state index in [9.17, 15) is 23.5 Å². The molecule has 2 heterocycles. The summed E-state index contributed by atoms with van der Waals surface area (Å²) in [5, 5.41) is 20.0. The van der Waals surface area contributed by atoms with Crippen LogP contribution >= 0.6 is 0 Å². The molecule has 3 N–H and O–H groups in total. The summed E-state index contributed by atoms with van der Waals surface area (Å²) in [7, 11) is 0. The van der Waals surface area contributed by atoms with Gasteiger partial charge in [0.2, 0.25) is 17.7 Å². The Labute approximate surface area is 244 Å². The predicted octanol–water partition coefficient (Wildman–Crippen LogP) is 4.31. The minimum absolute atomic E-state index is 0.158. The van der Waals surface area contributed by atoms with E-state index in [-0.39, 0.29) is 24.6 Å². The number of carbonyl (C=O) groups is 1. The first-order valence-electron chi connectivity index (χ1n) is 13.7. The highest BCUT2D eigenvalue weighted by Gasteiger charge is 2.58. The van der Waals surface area contributed by atoms with Gasteiger partial charge in [-0.05, 0) is 36.2 Å². The van der Waals surface area contributed by atoms with Crippen LogP contribution in [-0.4, -0.2) is 56.0 Å². The van der Waals surface area contributed by atoms with Crippen molar-refractivity contribution in [1.82, 2.24) is 14.5 Å². The van der Waals surface area contributed by atoms with Gasteiger partial charge in [0.1, 0.15) is 17.7 Å². The summed E-state index contributed by atoms with van der Waals surface area (Å²) < 4.78 is 66.0. The minimum Gasteiger partial charge on any atom is -0.437 e. The van der Waals surface area contributed by atoms with Gasteiger partial charge in [0.05, 0.1) is 24.7 Å². The summed E-state index contributed by atoms with van der Waals surface area (Å²) >= 11 is 0. The highest BCUT2D eigenvalue weighted by molar-refractivity contribution is 5.80. The Morgan fingerprint density at radius 2 is 1.81 bits per heavy atom. The summed E-state index contributed by atoms with van der Waals surface area (Å²) in [6.07, 6.45) is -0.904. The predicted molar refractivity (Wildman–Crippen MR) is 147 cm³/mol. The highest BCUT2D eigenvalue weighted by atomic mass is 19.3. The number of carbonyl (C=O) groups excluding carboxylic acids is 1. The molecule has 1 saturated heterocycles. The number of likely N-dealkylation sites (tertiary alicyclic amines) is 1. The number of nitrogens with two attached hydrogens (primary N) is 1. The van der Waals surface area contributed by atoms with E-state index in [1.807, 2.05) is 6.07 Å². The maximum absolute atomic E-state index is 15.5. The maximum atomic E-state index is 15.5. The zero-order valence-electron chi connectivity index (χ0n) is 22.9. The third kappa shape index (κ3) is 6.06. The molecule has 1 aliphatic carbocycles. The number of nitriles is 1. The van der Waals surface area contributed by atoms with Crippen LogP contribution in [0.1, 0.15) is 42.7 Å². The van der Waals surface area contributed by atoms with Gasteiger partial charge in [-0.3, -0.25) is 14.2 Å². The fourth-order valence-corrected chi connectivity index (χ4v) is 5.74. The number of halogens is 4. The quantitative estimate of drug-likeness (QED) is 0.404. The molecule has 1 saturated carbocycles. The Bertz CT molecular complexity index is 1590. The Kier molecular flexibility index (Phi) is 7.91. The number of hydrogen-bond donors (Lipinski definition) is 2. The van der Waals surface area contributed by atoms with E-state index in [2.05, 4.69) is 4.98 Å². The van der Waals surface area contributed by atoms with Gasteiger partial charge in [-0.1, -0.05) is 30.3 Å². The number of nitrogens with zero attached hydrogens (tertiary/aromatic N) is 4. The fourth-order valence-electron chi connectivity index (χ4n) is 5.74. The number of amides is 1. The lowest BCUT2D eigenvalue weighted by molar-refractivity contribution is -0.223. The van der Waals surface area contributed by atoms with E-state index < -0.39 is 78.8 Å². The molecule has 43 heavy (non-hydrogen) atoms. The third-order valence-electron chi connectivity index (χ3n) is 8.21. The van der Waals surface area contributed by atoms with Gasteiger partial charge in [-0.15, -0.1) is 0 Å². The number of anilines is 1. The summed E-state index contributed by atoms with van der Waals surface area (Å²) in [5.41, 5.74) is 2.67. The van der Waals surface area contributed by atoms with E-state index >= 15 is 8.78 Å². The molecule has 2 fully saturated rings. The molecule has 226 valence electrons. The normalized spacial score (nSPS) is 24.6. The van der Waals surface area contributed by atoms with E-state index in [1.54, 1.807) is 30.3 Å². The zero-order chi connectivity index (χ0) is 31.0. The first-order chi connectivity index (χ1) is 20.3. The Balaban J connectivity index is 1.31. The van der Waals surface area contributed by atoms with Gasteiger partial charge < -0.3 is 20.5 Å². The van der Waals surface area contributed by atoms with Crippen molar-refractivity contribution in [2.45, 2.75) is 55.6 Å². The van der Waals surface area contributed by atoms with Crippen LogP contribution in [-0.2, 0) is 11.3 Å². The second kappa shape index (κ2) is 11.3. The lowest BCUT2D eigenvalue weighted by Crippen LogP contribution is -2.64. The van der Waals surface area contributed by atoms with E-state index in [1.165, 1.54) is 24.3 Å². The average molecular weight is 600 g/mol. The summed E-state index contributed by atoms with van der Waals surface area (Å²) in [6, 6.07) is 16.2.